The molecule has 4 nitrogen and oxygen atoms in total. The zero-order valence-corrected chi connectivity index (χ0v) is 11.9. The topological polar surface area (TPSA) is 47.0 Å². The molecule has 0 fully saturated rings. The van der Waals surface area contributed by atoms with Crippen molar-refractivity contribution in [2.24, 2.45) is 0 Å². The highest BCUT2D eigenvalue weighted by molar-refractivity contribution is 5.30. The smallest absolute Gasteiger partial charge is 0.387 e. The third-order valence-corrected chi connectivity index (χ3v) is 3.01. The van der Waals surface area contributed by atoms with Crippen LogP contribution < -0.4 is 10.1 Å². The Labute approximate surface area is 122 Å². The fourth-order valence-corrected chi connectivity index (χ4v) is 1.94. The van der Waals surface area contributed by atoms with Gasteiger partial charge in [-0.3, -0.25) is 0 Å². The van der Waals surface area contributed by atoms with E-state index < -0.39 is 6.61 Å². The summed E-state index contributed by atoms with van der Waals surface area (Å²) in [6.45, 7) is 1.55. The number of rotatable bonds is 6. The summed E-state index contributed by atoms with van der Waals surface area (Å²) in [5.41, 5.74) is 1.76. The monoisotopic (exact) mass is 293 g/mol. The molecule has 21 heavy (non-hydrogen) atoms. The lowest BCUT2D eigenvalue weighted by atomic mass is 10.1. The van der Waals surface area contributed by atoms with Crippen LogP contribution in [0.4, 0.5) is 8.78 Å². The first-order chi connectivity index (χ1) is 10.0. The summed E-state index contributed by atoms with van der Waals surface area (Å²) < 4.78 is 28.8. The molecule has 1 aromatic heterocycles. The SMILES string of the molecule is Cc1nccc(CNC(C)c2cccc(OC(F)F)c2)n1. The van der Waals surface area contributed by atoms with Crippen LogP contribution in [0.1, 0.15) is 30.0 Å². The normalized spacial score (nSPS) is 12.4. The second-order valence-corrected chi connectivity index (χ2v) is 4.65. The van der Waals surface area contributed by atoms with Crippen molar-refractivity contribution < 1.29 is 13.5 Å². The van der Waals surface area contributed by atoms with E-state index in [0.29, 0.717) is 12.4 Å². The van der Waals surface area contributed by atoms with Gasteiger partial charge >= 0.3 is 6.61 Å². The number of halogens is 2. The first-order valence-electron chi connectivity index (χ1n) is 6.61. The van der Waals surface area contributed by atoms with E-state index in [2.05, 4.69) is 20.0 Å². The third-order valence-electron chi connectivity index (χ3n) is 3.01. The average Bonchev–Trinajstić information content (AvgIpc) is 2.44. The molecule has 0 aliphatic carbocycles. The molecule has 0 aliphatic rings. The minimum Gasteiger partial charge on any atom is -0.435 e. The van der Waals surface area contributed by atoms with Gasteiger partial charge in [0, 0.05) is 18.8 Å². The highest BCUT2D eigenvalue weighted by Gasteiger charge is 2.09. The van der Waals surface area contributed by atoms with E-state index in [1.165, 1.54) is 6.07 Å². The van der Waals surface area contributed by atoms with Crippen molar-refractivity contribution in [3.8, 4) is 5.75 Å². The van der Waals surface area contributed by atoms with E-state index in [0.717, 1.165) is 11.3 Å². The Balaban J connectivity index is 1.98. The number of nitrogens with zero attached hydrogens (tertiary/aromatic N) is 2. The Morgan fingerprint density at radius 1 is 1.29 bits per heavy atom. The maximum atomic E-state index is 12.2. The van der Waals surface area contributed by atoms with Gasteiger partial charge in [-0.15, -0.1) is 0 Å². The standard InChI is InChI=1S/C15H17F2N3O/c1-10(19-9-13-6-7-18-11(2)20-13)12-4-3-5-14(8-12)21-15(16)17/h3-8,10,15,19H,9H2,1-2H3. The van der Waals surface area contributed by atoms with Gasteiger partial charge in [-0.1, -0.05) is 12.1 Å². The molecule has 1 heterocycles. The molecule has 0 saturated carbocycles. The zero-order valence-electron chi connectivity index (χ0n) is 11.9. The van der Waals surface area contributed by atoms with Gasteiger partial charge in [0.25, 0.3) is 0 Å². The molecule has 0 radical (unpaired) electrons. The predicted molar refractivity (Wildman–Crippen MR) is 75.1 cm³/mol. The second kappa shape index (κ2) is 7.08. The van der Waals surface area contributed by atoms with Crippen LogP contribution in [0.25, 0.3) is 0 Å². The van der Waals surface area contributed by atoms with Crippen LogP contribution in [0.5, 0.6) is 5.75 Å². The molecule has 1 aromatic carbocycles. The van der Waals surface area contributed by atoms with Crippen molar-refractivity contribution in [2.75, 3.05) is 0 Å². The number of nitrogens with one attached hydrogen (secondary N) is 1. The highest BCUT2D eigenvalue weighted by Crippen LogP contribution is 2.20. The summed E-state index contributed by atoms with van der Waals surface area (Å²) in [6.07, 6.45) is 1.71. The van der Waals surface area contributed by atoms with Crippen LogP contribution in [0.15, 0.2) is 36.5 Å². The molecule has 0 spiro atoms. The van der Waals surface area contributed by atoms with E-state index in [-0.39, 0.29) is 11.8 Å². The van der Waals surface area contributed by atoms with Gasteiger partial charge in [0.05, 0.1) is 5.69 Å². The van der Waals surface area contributed by atoms with Gasteiger partial charge in [-0.05, 0) is 37.6 Å². The lowest BCUT2D eigenvalue weighted by molar-refractivity contribution is -0.0499. The van der Waals surface area contributed by atoms with Gasteiger partial charge in [0.2, 0.25) is 0 Å². The molecule has 1 N–H and O–H groups in total. The van der Waals surface area contributed by atoms with Crippen molar-refractivity contribution in [1.82, 2.24) is 15.3 Å². The second-order valence-electron chi connectivity index (χ2n) is 4.65. The fraction of sp³-hybridized carbons (Fsp3) is 0.333. The van der Waals surface area contributed by atoms with Crippen molar-refractivity contribution >= 4 is 0 Å². The molecule has 0 saturated heterocycles. The minimum absolute atomic E-state index is 0.0125. The number of aryl methyl sites for hydroxylation is 1. The summed E-state index contributed by atoms with van der Waals surface area (Å²) >= 11 is 0. The summed E-state index contributed by atoms with van der Waals surface area (Å²) in [6, 6.07) is 8.50. The van der Waals surface area contributed by atoms with Crippen molar-refractivity contribution in [1.29, 1.82) is 0 Å². The summed E-state index contributed by atoms with van der Waals surface area (Å²) in [4.78, 5) is 8.34. The van der Waals surface area contributed by atoms with Crippen LogP contribution >= 0.6 is 0 Å². The molecule has 0 bridgehead atoms. The highest BCUT2D eigenvalue weighted by atomic mass is 19.3. The Morgan fingerprint density at radius 3 is 2.81 bits per heavy atom. The van der Waals surface area contributed by atoms with E-state index in [1.54, 1.807) is 18.3 Å². The molecule has 112 valence electrons. The Morgan fingerprint density at radius 2 is 2.10 bits per heavy atom. The maximum absolute atomic E-state index is 12.2. The lowest BCUT2D eigenvalue weighted by Gasteiger charge is -2.15. The third kappa shape index (κ3) is 4.75. The first kappa shape index (κ1) is 15.3. The van der Waals surface area contributed by atoms with Crippen LogP contribution in [0, 0.1) is 6.92 Å². The summed E-state index contributed by atoms with van der Waals surface area (Å²) in [7, 11) is 0. The number of aromatic nitrogens is 2. The summed E-state index contributed by atoms with van der Waals surface area (Å²) in [5.74, 6) is 0.878. The molecular weight excluding hydrogens is 276 g/mol. The number of alkyl halides is 2. The molecule has 1 atom stereocenters. The number of benzene rings is 1. The Kier molecular flexibility index (Phi) is 5.16. The van der Waals surface area contributed by atoms with Crippen LogP contribution in [0.2, 0.25) is 0 Å². The van der Waals surface area contributed by atoms with Crippen LogP contribution in [-0.4, -0.2) is 16.6 Å². The zero-order chi connectivity index (χ0) is 15.2. The number of ether oxygens (including phenoxy) is 1. The number of hydrogen-bond donors (Lipinski definition) is 1. The van der Waals surface area contributed by atoms with Crippen molar-refractivity contribution in [3.05, 3.63) is 53.6 Å². The van der Waals surface area contributed by atoms with Crippen molar-refractivity contribution in [2.45, 2.75) is 33.0 Å². The van der Waals surface area contributed by atoms with Crippen molar-refractivity contribution in [3.63, 3.8) is 0 Å². The van der Waals surface area contributed by atoms with Gasteiger partial charge < -0.3 is 10.1 Å². The average molecular weight is 293 g/mol. The largest absolute Gasteiger partial charge is 0.435 e. The molecule has 6 heteroatoms. The van der Waals surface area contributed by atoms with Gasteiger partial charge in [-0.2, -0.15) is 8.78 Å². The fourth-order valence-electron chi connectivity index (χ4n) is 1.94. The van der Waals surface area contributed by atoms with E-state index >= 15 is 0 Å². The molecule has 1 unspecified atom stereocenters. The van der Waals surface area contributed by atoms with Crippen LogP contribution in [0.3, 0.4) is 0 Å². The quantitative estimate of drug-likeness (QED) is 0.888. The Hall–Kier alpha value is -2.08. The Bertz CT molecular complexity index is 593. The summed E-state index contributed by atoms with van der Waals surface area (Å²) in [5, 5.41) is 3.29. The molecular formula is C15H17F2N3O. The molecule has 2 rings (SSSR count). The van der Waals surface area contributed by atoms with Gasteiger partial charge in [0.1, 0.15) is 11.6 Å². The van der Waals surface area contributed by atoms with Gasteiger partial charge in [-0.25, -0.2) is 9.97 Å². The molecule has 2 aromatic rings. The van der Waals surface area contributed by atoms with E-state index in [1.807, 2.05) is 26.0 Å². The minimum atomic E-state index is -2.81. The van der Waals surface area contributed by atoms with Crippen LogP contribution in [-0.2, 0) is 6.54 Å². The molecule has 0 amide bonds. The molecule has 0 aliphatic heterocycles. The van der Waals surface area contributed by atoms with Gasteiger partial charge in [0.15, 0.2) is 0 Å². The maximum Gasteiger partial charge on any atom is 0.387 e. The van der Waals surface area contributed by atoms with E-state index in [4.69, 9.17) is 0 Å². The predicted octanol–water partition coefficient (Wildman–Crippen LogP) is 3.24. The number of hydrogen-bond acceptors (Lipinski definition) is 4. The lowest BCUT2D eigenvalue weighted by Crippen LogP contribution is -2.19. The van der Waals surface area contributed by atoms with E-state index in [9.17, 15) is 8.78 Å². The first-order valence-corrected chi connectivity index (χ1v) is 6.61.